The van der Waals surface area contributed by atoms with Crippen molar-refractivity contribution < 1.29 is 9.94 Å². The fraction of sp³-hybridized carbons (Fsp3) is 0.286. The number of likely N-dealkylation sites (tertiary alicyclic amines) is 1. The summed E-state index contributed by atoms with van der Waals surface area (Å²) in [7, 11) is 1.54. The quantitative estimate of drug-likeness (QED) is 0.847. The van der Waals surface area contributed by atoms with Crippen molar-refractivity contribution in [3.05, 3.63) is 66.2 Å². The van der Waals surface area contributed by atoms with Gasteiger partial charge in [0.05, 0.1) is 24.9 Å². The van der Waals surface area contributed by atoms with Gasteiger partial charge in [0, 0.05) is 12.1 Å². The fourth-order valence-electron chi connectivity index (χ4n) is 3.35. The first kappa shape index (κ1) is 17.2. The van der Waals surface area contributed by atoms with Gasteiger partial charge in [0.1, 0.15) is 7.11 Å². The van der Waals surface area contributed by atoms with Crippen LogP contribution < -0.4 is 0 Å². The van der Waals surface area contributed by atoms with E-state index in [1.165, 1.54) is 16.7 Å². The van der Waals surface area contributed by atoms with Crippen LogP contribution in [0.4, 0.5) is 0 Å². The van der Waals surface area contributed by atoms with Crippen LogP contribution in [0.25, 0.3) is 16.8 Å². The van der Waals surface area contributed by atoms with Gasteiger partial charge < -0.3 is 14.8 Å². The lowest BCUT2D eigenvalue weighted by atomic mass is 9.99. The summed E-state index contributed by atoms with van der Waals surface area (Å²) in [6, 6.07) is 16.8. The summed E-state index contributed by atoms with van der Waals surface area (Å²) in [5.74, 6) is 0. The third-order valence-electron chi connectivity index (χ3n) is 4.72. The summed E-state index contributed by atoms with van der Waals surface area (Å²) in [5, 5.41) is 13.7. The predicted molar refractivity (Wildman–Crippen MR) is 102 cm³/mol. The van der Waals surface area contributed by atoms with Crippen LogP contribution in [-0.4, -0.2) is 42.0 Å². The fourth-order valence-corrected chi connectivity index (χ4v) is 3.35. The zero-order valence-corrected chi connectivity index (χ0v) is 14.8. The van der Waals surface area contributed by atoms with Crippen molar-refractivity contribution in [2.45, 2.75) is 19.4 Å². The molecule has 2 aromatic rings. The molecule has 0 radical (unpaired) electrons. The van der Waals surface area contributed by atoms with Gasteiger partial charge in [0.15, 0.2) is 0 Å². The van der Waals surface area contributed by atoms with Crippen molar-refractivity contribution in [3.63, 3.8) is 0 Å². The SMILES string of the molecule is C=C(c1ccc(-c2ccccc2C)cc1)N1C/C(=N\OC)C[C@H]1CO. The molecule has 0 bridgehead atoms. The summed E-state index contributed by atoms with van der Waals surface area (Å²) < 4.78 is 0. The molecule has 0 aromatic heterocycles. The van der Waals surface area contributed by atoms with Crippen molar-refractivity contribution >= 4 is 11.4 Å². The maximum Gasteiger partial charge on any atom is 0.106 e. The van der Waals surface area contributed by atoms with Crippen LogP contribution in [0.5, 0.6) is 0 Å². The summed E-state index contributed by atoms with van der Waals surface area (Å²) in [5.41, 5.74) is 6.57. The van der Waals surface area contributed by atoms with Crippen molar-refractivity contribution in [1.82, 2.24) is 4.90 Å². The Hall–Kier alpha value is -2.59. The molecular weight excluding hydrogens is 312 g/mol. The minimum Gasteiger partial charge on any atom is -0.399 e. The molecule has 0 unspecified atom stereocenters. The smallest absolute Gasteiger partial charge is 0.106 e. The zero-order valence-electron chi connectivity index (χ0n) is 14.8. The Morgan fingerprint density at radius 1 is 1.24 bits per heavy atom. The molecule has 0 amide bonds. The number of aryl methyl sites for hydroxylation is 1. The first-order valence-electron chi connectivity index (χ1n) is 8.45. The topological polar surface area (TPSA) is 45.1 Å². The first-order chi connectivity index (χ1) is 12.1. The number of aliphatic hydroxyl groups is 1. The molecule has 0 saturated carbocycles. The van der Waals surface area contributed by atoms with E-state index in [-0.39, 0.29) is 12.6 Å². The number of oxime groups is 1. The highest BCUT2D eigenvalue weighted by molar-refractivity contribution is 5.90. The lowest BCUT2D eigenvalue weighted by molar-refractivity contribution is 0.203. The summed E-state index contributed by atoms with van der Waals surface area (Å²) >= 11 is 0. The zero-order chi connectivity index (χ0) is 17.8. The van der Waals surface area contributed by atoms with E-state index in [0.29, 0.717) is 13.0 Å². The van der Waals surface area contributed by atoms with Crippen LogP contribution in [0.3, 0.4) is 0 Å². The lowest BCUT2D eigenvalue weighted by Gasteiger charge is -2.26. The predicted octanol–water partition coefficient (Wildman–Crippen LogP) is 3.70. The lowest BCUT2D eigenvalue weighted by Crippen LogP contribution is -2.30. The molecule has 25 heavy (non-hydrogen) atoms. The molecule has 3 rings (SSSR count). The highest BCUT2D eigenvalue weighted by atomic mass is 16.6. The van der Waals surface area contributed by atoms with E-state index in [0.717, 1.165) is 17.0 Å². The molecule has 4 nitrogen and oxygen atoms in total. The highest BCUT2D eigenvalue weighted by Crippen LogP contribution is 2.29. The number of benzene rings is 2. The Labute approximate surface area is 149 Å². The van der Waals surface area contributed by atoms with Crippen LogP contribution in [0.15, 0.2) is 60.3 Å². The minimum absolute atomic E-state index is 0.00237. The van der Waals surface area contributed by atoms with Crippen LogP contribution >= 0.6 is 0 Å². The highest BCUT2D eigenvalue weighted by Gasteiger charge is 2.30. The number of aliphatic hydroxyl groups excluding tert-OH is 1. The van der Waals surface area contributed by atoms with E-state index in [1.54, 1.807) is 7.11 Å². The number of hydrogen-bond acceptors (Lipinski definition) is 4. The van der Waals surface area contributed by atoms with E-state index in [9.17, 15) is 5.11 Å². The van der Waals surface area contributed by atoms with Crippen LogP contribution in [0, 0.1) is 6.92 Å². The van der Waals surface area contributed by atoms with Gasteiger partial charge in [-0.1, -0.05) is 60.3 Å². The van der Waals surface area contributed by atoms with Crippen LogP contribution in [0.2, 0.25) is 0 Å². The van der Waals surface area contributed by atoms with Gasteiger partial charge in [-0.25, -0.2) is 0 Å². The summed E-state index contributed by atoms with van der Waals surface area (Å²) in [6.45, 7) is 7.07. The normalized spacial score (nSPS) is 18.6. The molecule has 1 aliphatic heterocycles. The van der Waals surface area contributed by atoms with Crippen molar-refractivity contribution in [2.24, 2.45) is 5.16 Å². The second-order valence-electron chi connectivity index (χ2n) is 6.35. The maximum atomic E-state index is 9.66. The van der Waals surface area contributed by atoms with Gasteiger partial charge in [-0.2, -0.15) is 0 Å². The second-order valence-corrected chi connectivity index (χ2v) is 6.35. The van der Waals surface area contributed by atoms with Gasteiger partial charge in [-0.3, -0.25) is 0 Å². The standard InChI is InChI=1S/C21H24N2O2/c1-15-6-4-5-7-21(15)18-10-8-17(9-11-18)16(2)23-13-19(22-25-3)12-20(23)14-24/h4-11,20,24H,2,12-14H2,1,3H3/b22-19-/t20-/m0/s1. The molecule has 1 N–H and O–H groups in total. The molecule has 1 aliphatic rings. The maximum absolute atomic E-state index is 9.66. The minimum atomic E-state index is -0.00237. The van der Waals surface area contributed by atoms with E-state index in [4.69, 9.17) is 4.84 Å². The van der Waals surface area contributed by atoms with Crippen LogP contribution in [0.1, 0.15) is 17.5 Å². The third-order valence-corrected chi connectivity index (χ3v) is 4.72. The Bertz CT molecular complexity index is 781. The molecule has 0 spiro atoms. The molecule has 130 valence electrons. The molecule has 1 atom stereocenters. The van der Waals surface area contributed by atoms with E-state index >= 15 is 0 Å². The Kier molecular flexibility index (Phi) is 5.19. The molecular formula is C21H24N2O2. The number of hydrogen-bond donors (Lipinski definition) is 1. The molecule has 1 fully saturated rings. The Balaban J connectivity index is 1.81. The van der Waals surface area contributed by atoms with Crippen molar-refractivity contribution in [1.29, 1.82) is 0 Å². The van der Waals surface area contributed by atoms with Gasteiger partial charge in [0.25, 0.3) is 0 Å². The summed E-state index contributed by atoms with van der Waals surface area (Å²) in [6.07, 6.45) is 0.699. The number of rotatable bonds is 5. The average molecular weight is 336 g/mol. The Morgan fingerprint density at radius 2 is 1.96 bits per heavy atom. The Morgan fingerprint density at radius 3 is 2.60 bits per heavy atom. The number of nitrogens with zero attached hydrogens (tertiary/aromatic N) is 2. The molecule has 0 aliphatic carbocycles. The van der Waals surface area contributed by atoms with Crippen LogP contribution in [-0.2, 0) is 4.84 Å². The second kappa shape index (κ2) is 7.53. The van der Waals surface area contributed by atoms with Gasteiger partial charge in [-0.15, -0.1) is 0 Å². The van der Waals surface area contributed by atoms with Gasteiger partial charge >= 0.3 is 0 Å². The molecule has 1 saturated heterocycles. The summed E-state index contributed by atoms with van der Waals surface area (Å²) in [4.78, 5) is 6.98. The largest absolute Gasteiger partial charge is 0.399 e. The molecule has 1 heterocycles. The van der Waals surface area contributed by atoms with Gasteiger partial charge in [-0.05, 0) is 29.2 Å². The monoisotopic (exact) mass is 336 g/mol. The van der Waals surface area contributed by atoms with E-state index in [1.807, 2.05) is 0 Å². The molecule has 4 heteroatoms. The van der Waals surface area contributed by atoms with Crippen molar-refractivity contribution in [3.8, 4) is 11.1 Å². The van der Waals surface area contributed by atoms with E-state index < -0.39 is 0 Å². The molecule has 2 aromatic carbocycles. The first-order valence-corrected chi connectivity index (χ1v) is 8.45. The van der Waals surface area contributed by atoms with Gasteiger partial charge in [0.2, 0.25) is 0 Å². The van der Waals surface area contributed by atoms with E-state index in [2.05, 4.69) is 72.1 Å². The third kappa shape index (κ3) is 3.59. The van der Waals surface area contributed by atoms with Crippen molar-refractivity contribution in [2.75, 3.05) is 20.3 Å². The average Bonchev–Trinajstić information content (AvgIpc) is 3.05.